The van der Waals surface area contributed by atoms with Gasteiger partial charge in [0.15, 0.2) is 23.1 Å². The van der Waals surface area contributed by atoms with Gasteiger partial charge in [0.05, 0.1) is 11.4 Å². The van der Waals surface area contributed by atoms with Crippen molar-refractivity contribution >= 4 is 29.8 Å². The molecule has 0 radical (unpaired) electrons. The molecular formula is C20H22N4O3S. The summed E-state index contributed by atoms with van der Waals surface area (Å²) in [5.74, 6) is 2.44. The van der Waals surface area contributed by atoms with Gasteiger partial charge >= 0.3 is 0 Å². The van der Waals surface area contributed by atoms with E-state index >= 15 is 0 Å². The molecule has 0 bridgehead atoms. The fourth-order valence-electron chi connectivity index (χ4n) is 2.39. The van der Waals surface area contributed by atoms with Crippen LogP contribution < -0.4 is 21.8 Å². The van der Waals surface area contributed by atoms with Crippen LogP contribution in [0.4, 0.5) is 17.2 Å². The van der Waals surface area contributed by atoms with Crippen LogP contribution in [0.3, 0.4) is 0 Å². The van der Waals surface area contributed by atoms with E-state index in [0.29, 0.717) is 36.2 Å². The van der Waals surface area contributed by atoms with Crippen molar-refractivity contribution in [1.82, 2.24) is 4.98 Å². The SMILES string of the molecule is Nc1ccccc1NOc1cccnc1N.SC1=CCC=C2OCCOC2=C1. The fourth-order valence-corrected chi connectivity index (χ4v) is 2.61. The lowest BCUT2D eigenvalue weighted by molar-refractivity contribution is 0.0594. The molecule has 0 saturated carbocycles. The summed E-state index contributed by atoms with van der Waals surface area (Å²) in [6.45, 7) is 1.27. The number of fused-ring (bicyclic) bond motifs is 1. The number of pyridine rings is 1. The third-order valence-corrected chi connectivity index (χ3v) is 4.09. The van der Waals surface area contributed by atoms with Gasteiger partial charge in [0.2, 0.25) is 0 Å². The van der Waals surface area contributed by atoms with Crippen LogP contribution in [0.5, 0.6) is 5.75 Å². The largest absolute Gasteiger partial charge is 0.486 e. The number of rotatable bonds is 3. The Morgan fingerprint density at radius 2 is 1.79 bits per heavy atom. The number of ether oxygens (including phenoxy) is 2. The standard InChI is InChI=1S/C11H12N4O.C9H10O2S/c12-8-4-1-2-5-9(8)15-16-10-6-3-7-14-11(10)13;12-7-2-1-3-8-9(6-7)11-5-4-10-8/h1-7,15H,12H2,(H2,13,14);2-3,6,12H,1,4-5H2. The Morgan fingerprint density at radius 1 is 1.00 bits per heavy atom. The van der Waals surface area contributed by atoms with Crippen LogP contribution in [-0.2, 0) is 9.47 Å². The minimum absolute atomic E-state index is 0.324. The lowest BCUT2D eigenvalue weighted by atomic mass is 10.3. The van der Waals surface area contributed by atoms with Crippen LogP contribution in [0.15, 0.2) is 77.2 Å². The van der Waals surface area contributed by atoms with Gasteiger partial charge in [-0.25, -0.2) is 10.5 Å². The highest BCUT2D eigenvalue weighted by molar-refractivity contribution is 7.84. The number of anilines is 3. The number of benzene rings is 1. The third kappa shape index (κ3) is 5.37. The Kier molecular flexibility index (Phi) is 6.69. The van der Waals surface area contributed by atoms with Crippen LogP contribution in [-0.4, -0.2) is 18.2 Å². The molecule has 28 heavy (non-hydrogen) atoms. The molecule has 1 saturated heterocycles. The van der Waals surface area contributed by atoms with Gasteiger partial charge < -0.3 is 25.8 Å². The van der Waals surface area contributed by atoms with Gasteiger partial charge in [0.25, 0.3) is 0 Å². The average molecular weight is 398 g/mol. The maximum Gasteiger partial charge on any atom is 0.196 e. The highest BCUT2D eigenvalue weighted by Crippen LogP contribution is 2.24. The van der Waals surface area contributed by atoms with Crippen LogP contribution in [0.2, 0.25) is 0 Å². The Labute approximate surface area is 169 Å². The second kappa shape index (κ2) is 9.61. The van der Waals surface area contributed by atoms with E-state index in [4.69, 9.17) is 25.8 Å². The molecule has 5 N–H and O–H groups in total. The van der Waals surface area contributed by atoms with Crippen molar-refractivity contribution in [1.29, 1.82) is 0 Å². The minimum atomic E-state index is 0.324. The van der Waals surface area contributed by atoms with Gasteiger partial charge in [-0.1, -0.05) is 18.2 Å². The molecule has 8 heteroatoms. The number of nitrogens with two attached hydrogens (primary N) is 2. The summed E-state index contributed by atoms with van der Waals surface area (Å²) in [4.78, 5) is 10.1. The number of hydrogen-bond acceptors (Lipinski definition) is 8. The van der Waals surface area contributed by atoms with Crippen molar-refractivity contribution in [2.24, 2.45) is 0 Å². The predicted octanol–water partition coefficient (Wildman–Crippen LogP) is 3.67. The first-order chi connectivity index (χ1) is 13.6. The Balaban J connectivity index is 0.000000167. The van der Waals surface area contributed by atoms with E-state index < -0.39 is 0 Å². The normalized spacial score (nSPS) is 15.0. The van der Waals surface area contributed by atoms with Crippen LogP contribution in [0.1, 0.15) is 6.42 Å². The molecule has 0 spiro atoms. The van der Waals surface area contributed by atoms with Crippen molar-refractivity contribution in [2.75, 3.05) is 30.2 Å². The number of thiol groups is 1. The number of allylic oxidation sites excluding steroid dienone is 3. The molecule has 7 nitrogen and oxygen atoms in total. The molecule has 2 aliphatic rings. The number of nitrogens with zero attached hydrogens (tertiary/aromatic N) is 1. The van der Waals surface area contributed by atoms with Crippen molar-refractivity contribution in [3.8, 4) is 5.75 Å². The predicted molar refractivity (Wildman–Crippen MR) is 114 cm³/mol. The lowest BCUT2D eigenvalue weighted by Gasteiger charge is -2.19. The fraction of sp³-hybridized carbons (Fsp3) is 0.150. The molecule has 1 aliphatic carbocycles. The van der Waals surface area contributed by atoms with E-state index in [9.17, 15) is 0 Å². The average Bonchev–Trinajstić information content (AvgIpc) is 2.89. The summed E-state index contributed by atoms with van der Waals surface area (Å²) in [5, 5.41) is 0. The summed E-state index contributed by atoms with van der Waals surface area (Å²) in [6.07, 6.45) is 8.38. The molecule has 0 unspecified atom stereocenters. The molecule has 146 valence electrons. The van der Waals surface area contributed by atoms with Crippen LogP contribution >= 0.6 is 12.6 Å². The summed E-state index contributed by atoms with van der Waals surface area (Å²) in [5.41, 5.74) is 15.4. The quantitative estimate of drug-likeness (QED) is 0.355. The lowest BCUT2D eigenvalue weighted by Crippen LogP contribution is -2.13. The van der Waals surface area contributed by atoms with Gasteiger partial charge in [0.1, 0.15) is 13.2 Å². The molecule has 1 aromatic heterocycles. The first kappa shape index (κ1) is 19.5. The topological polar surface area (TPSA) is 105 Å². The highest BCUT2D eigenvalue weighted by atomic mass is 32.1. The molecule has 1 aliphatic heterocycles. The molecule has 4 rings (SSSR count). The Hall–Kier alpha value is -3.26. The third-order valence-electron chi connectivity index (χ3n) is 3.78. The maximum atomic E-state index is 5.73. The smallest absolute Gasteiger partial charge is 0.196 e. The van der Waals surface area contributed by atoms with E-state index in [2.05, 4.69) is 23.1 Å². The summed E-state index contributed by atoms with van der Waals surface area (Å²) in [6, 6.07) is 10.7. The molecule has 0 amide bonds. The van der Waals surface area contributed by atoms with E-state index in [1.165, 1.54) is 0 Å². The monoisotopic (exact) mass is 398 g/mol. The van der Waals surface area contributed by atoms with Gasteiger partial charge in [-0.05, 0) is 42.8 Å². The summed E-state index contributed by atoms with van der Waals surface area (Å²) >= 11 is 4.26. The second-order valence-corrected chi connectivity index (χ2v) is 6.33. The summed E-state index contributed by atoms with van der Waals surface area (Å²) in [7, 11) is 0. The van der Waals surface area contributed by atoms with Crippen molar-refractivity contribution in [3.05, 3.63) is 77.2 Å². The Bertz CT molecular complexity index is 866. The molecule has 2 heterocycles. The number of para-hydroxylation sites is 2. The molecule has 0 atom stereocenters. The van der Waals surface area contributed by atoms with E-state index in [1.54, 1.807) is 24.4 Å². The zero-order chi connectivity index (χ0) is 19.8. The number of hydrogen-bond donors (Lipinski definition) is 4. The molecule has 1 aromatic carbocycles. The number of nitrogens with one attached hydrogen (secondary N) is 1. The number of aromatic nitrogens is 1. The minimum Gasteiger partial charge on any atom is -0.486 e. The van der Waals surface area contributed by atoms with Crippen LogP contribution in [0.25, 0.3) is 0 Å². The molecular weight excluding hydrogens is 376 g/mol. The van der Waals surface area contributed by atoms with E-state index in [0.717, 1.165) is 22.8 Å². The first-order valence-corrected chi connectivity index (χ1v) is 9.13. The van der Waals surface area contributed by atoms with Gasteiger partial charge in [-0.15, -0.1) is 12.6 Å². The van der Waals surface area contributed by atoms with Gasteiger partial charge in [-0.2, -0.15) is 0 Å². The van der Waals surface area contributed by atoms with E-state index in [-0.39, 0.29) is 0 Å². The van der Waals surface area contributed by atoms with Gasteiger partial charge in [-0.3, -0.25) is 0 Å². The molecule has 1 fully saturated rings. The van der Waals surface area contributed by atoms with Crippen molar-refractivity contribution in [3.63, 3.8) is 0 Å². The van der Waals surface area contributed by atoms with Crippen molar-refractivity contribution in [2.45, 2.75) is 6.42 Å². The number of nitrogen functional groups attached to an aromatic ring is 2. The maximum absolute atomic E-state index is 5.73. The highest BCUT2D eigenvalue weighted by Gasteiger charge is 2.15. The van der Waals surface area contributed by atoms with E-state index in [1.807, 2.05) is 36.4 Å². The molecule has 2 aromatic rings. The van der Waals surface area contributed by atoms with Crippen molar-refractivity contribution < 1.29 is 14.3 Å². The zero-order valence-electron chi connectivity index (χ0n) is 15.2. The first-order valence-electron chi connectivity index (χ1n) is 8.68. The zero-order valence-corrected chi connectivity index (χ0v) is 16.1. The second-order valence-electron chi connectivity index (χ2n) is 5.82. The van der Waals surface area contributed by atoms with Crippen LogP contribution in [0, 0.1) is 0 Å². The summed E-state index contributed by atoms with van der Waals surface area (Å²) < 4.78 is 10.8. The van der Waals surface area contributed by atoms with Gasteiger partial charge in [0, 0.05) is 11.1 Å². The Morgan fingerprint density at radius 3 is 2.57 bits per heavy atom.